The Hall–Kier alpha value is -2.48. The molecule has 0 aliphatic carbocycles. The average Bonchev–Trinajstić information content (AvgIpc) is 2.90. The first-order chi connectivity index (χ1) is 13.3. The van der Waals surface area contributed by atoms with Crippen LogP contribution in [0.15, 0.2) is 47.4 Å². The van der Waals surface area contributed by atoms with E-state index in [1.807, 2.05) is 0 Å². The highest BCUT2D eigenvalue weighted by atomic mass is 35.5. The fraction of sp³-hybridized carbons (Fsp3) is 0.105. The van der Waals surface area contributed by atoms with Crippen molar-refractivity contribution in [1.82, 2.24) is 4.90 Å². The first kappa shape index (κ1) is 20.3. The normalized spacial score (nSPS) is 15.4. The minimum atomic E-state index is -0.638. The molecular formula is C19H14Cl2N2O4S. The van der Waals surface area contributed by atoms with E-state index in [1.165, 1.54) is 6.08 Å². The molecule has 6 nitrogen and oxygen atoms in total. The van der Waals surface area contributed by atoms with Gasteiger partial charge in [-0.25, -0.2) is 0 Å². The first-order valence-electron chi connectivity index (χ1n) is 8.04. The van der Waals surface area contributed by atoms with Gasteiger partial charge < -0.3 is 10.5 Å². The van der Waals surface area contributed by atoms with Crippen LogP contribution in [-0.4, -0.2) is 28.6 Å². The van der Waals surface area contributed by atoms with Crippen LogP contribution in [-0.2, 0) is 16.1 Å². The van der Waals surface area contributed by atoms with Crippen molar-refractivity contribution in [2.45, 2.75) is 6.54 Å². The average molecular weight is 437 g/mol. The largest absolute Gasteiger partial charge is 0.483 e. The summed E-state index contributed by atoms with van der Waals surface area (Å²) in [5.74, 6) is -0.766. The first-order valence-corrected chi connectivity index (χ1v) is 9.62. The second-order valence-electron chi connectivity index (χ2n) is 5.80. The fourth-order valence-electron chi connectivity index (χ4n) is 2.49. The number of benzene rings is 2. The van der Waals surface area contributed by atoms with Crippen molar-refractivity contribution in [3.63, 3.8) is 0 Å². The molecule has 0 atom stereocenters. The van der Waals surface area contributed by atoms with Crippen LogP contribution in [0.25, 0.3) is 6.08 Å². The number of rotatable bonds is 6. The molecule has 0 radical (unpaired) electrons. The van der Waals surface area contributed by atoms with E-state index in [4.69, 9.17) is 33.7 Å². The van der Waals surface area contributed by atoms with Crippen LogP contribution >= 0.6 is 35.0 Å². The maximum atomic E-state index is 12.7. The van der Waals surface area contributed by atoms with Gasteiger partial charge in [0.15, 0.2) is 6.61 Å². The van der Waals surface area contributed by atoms with Gasteiger partial charge >= 0.3 is 0 Å². The second-order valence-corrected chi connectivity index (χ2v) is 7.63. The van der Waals surface area contributed by atoms with E-state index in [0.717, 1.165) is 16.7 Å². The summed E-state index contributed by atoms with van der Waals surface area (Å²) >= 11 is 13.0. The highest BCUT2D eigenvalue weighted by Gasteiger charge is 2.35. The number of imide groups is 1. The number of carbonyl (C=O) groups excluding carboxylic acids is 3. The minimum Gasteiger partial charge on any atom is -0.483 e. The van der Waals surface area contributed by atoms with Gasteiger partial charge in [0, 0.05) is 15.6 Å². The summed E-state index contributed by atoms with van der Waals surface area (Å²) in [5.41, 5.74) is 6.23. The van der Waals surface area contributed by atoms with Gasteiger partial charge in [-0.2, -0.15) is 0 Å². The summed E-state index contributed by atoms with van der Waals surface area (Å²) in [7, 11) is 0. The number of hydrogen-bond donors (Lipinski definition) is 1. The van der Waals surface area contributed by atoms with Crippen molar-refractivity contribution in [2.24, 2.45) is 5.73 Å². The van der Waals surface area contributed by atoms with Gasteiger partial charge in [-0.05, 0) is 47.7 Å². The van der Waals surface area contributed by atoms with Gasteiger partial charge in [-0.15, -0.1) is 0 Å². The minimum absolute atomic E-state index is 0.0717. The molecule has 1 heterocycles. The number of amides is 3. The molecule has 3 amide bonds. The van der Waals surface area contributed by atoms with E-state index in [2.05, 4.69) is 0 Å². The third-order valence-corrected chi connectivity index (χ3v) is 5.30. The molecule has 3 rings (SSSR count). The Morgan fingerprint density at radius 2 is 1.93 bits per heavy atom. The third kappa shape index (κ3) is 4.67. The van der Waals surface area contributed by atoms with E-state index < -0.39 is 17.1 Å². The Bertz CT molecular complexity index is 994. The molecule has 2 N–H and O–H groups in total. The lowest BCUT2D eigenvalue weighted by Gasteiger charge is -2.13. The number of thioether (sulfide) groups is 1. The highest BCUT2D eigenvalue weighted by Crippen LogP contribution is 2.36. The van der Waals surface area contributed by atoms with Crippen LogP contribution < -0.4 is 10.5 Å². The van der Waals surface area contributed by atoms with Crippen molar-refractivity contribution >= 4 is 58.1 Å². The standard InChI is InChI=1S/C19H14Cl2N2O4S/c20-13-5-6-15(27-10-17(22)24)12(7-13)8-16-18(25)23(19(26)28-16)9-11-3-1-2-4-14(11)21/h1-8H,9-10H2,(H2,22,24)/b16-8-. The zero-order chi connectivity index (χ0) is 20.3. The van der Waals surface area contributed by atoms with Crippen molar-refractivity contribution in [3.8, 4) is 5.75 Å². The molecule has 2 aromatic rings. The molecule has 1 aliphatic rings. The topological polar surface area (TPSA) is 89.7 Å². The Morgan fingerprint density at radius 1 is 1.18 bits per heavy atom. The van der Waals surface area contributed by atoms with Crippen LogP contribution in [0.2, 0.25) is 10.0 Å². The number of nitrogens with two attached hydrogens (primary N) is 1. The molecule has 2 aromatic carbocycles. The van der Waals surface area contributed by atoms with E-state index in [0.29, 0.717) is 26.9 Å². The molecular weight excluding hydrogens is 423 g/mol. The lowest BCUT2D eigenvalue weighted by molar-refractivity contribution is -0.123. The van der Waals surface area contributed by atoms with Gasteiger partial charge in [-0.1, -0.05) is 41.4 Å². The molecule has 28 heavy (non-hydrogen) atoms. The van der Waals surface area contributed by atoms with Crippen molar-refractivity contribution in [2.75, 3.05) is 6.61 Å². The number of ether oxygens (including phenoxy) is 1. The van der Waals surface area contributed by atoms with Crippen LogP contribution in [0.3, 0.4) is 0 Å². The zero-order valence-corrected chi connectivity index (χ0v) is 16.7. The van der Waals surface area contributed by atoms with Crippen LogP contribution in [0, 0.1) is 0 Å². The second kappa shape index (κ2) is 8.68. The Morgan fingerprint density at radius 3 is 2.64 bits per heavy atom. The van der Waals surface area contributed by atoms with Crippen molar-refractivity contribution < 1.29 is 19.1 Å². The highest BCUT2D eigenvalue weighted by molar-refractivity contribution is 8.18. The molecule has 0 aromatic heterocycles. The summed E-state index contributed by atoms with van der Waals surface area (Å²) in [6.07, 6.45) is 1.50. The lowest BCUT2D eigenvalue weighted by atomic mass is 10.1. The Kier molecular flexibility index (Phi) is 6.28. The molecule has 1 fully saturated rings. The zero-order valence-electron chi connectivity index (χ0n) is 14.4. The van der Waals surface area contributed by atoms with Crippen LogP contribution in [0.1, 0.15) is 11.1 Å². The van der Waals surface area contributed by atoms with Crippen molar-refractivity contribution in [1.29, 1.82) is 0 Å². The smallest absolute Gasteiger partial charge is 0.293 e. The van der Waals surface area contributed by atoms with Gasteiger partial charge in [0.25, 0.3) is 17.1 Å². The molecule has 144 valence electrons. The SMILES string of the molecule is NC(=O)COc1ccc(Cl)cc1/C=C1\SC(=O)N(Cc2ccccc2Cl)C1=O. The molecule has 9 heteroatoms. The molecule has 0 bridgehead atoms. The van der Waals surface area contributed by atoms with Gasteiger partial charge in [0.2, 0.25) is 0 Å². The predicted octanol–water partition coefficient (Wildman–Crippen LogP) is 4.09. The lowest BCUT2D eigenvalue weighted by Crippen LogP contribution is -2.27. The summed E-state index contributed by atoms with van der Waals surface area (Å²) in [4.78, 5) is 37.4. The number of carbonyl (C=O) groups is 3. The Balaban J connectivity index is 1.86. The Labute approximate surface area is 175 Å². The van der Waals surface area contributed by atoms with Crippen LogP contribution in [0.4, 0.5) is 4.79 Å². The molecule has 0 saturated carbocycles. The van der Waals surface area contributed by atoms with E-state index in [1.54, 1.807) is 42.5 Å². The van der Waals surface area contributed by atoms with Crippen LogP contribution in [0.5, 0.6) is 5.75 Å². The van der Waals surface area contributed by atoms with Crippen molar-refractivity contribution in [3.05, 3.63) is 68.5 Å². The monoisotopic (exact) mass is 436 g/mol. The molecule has 0 spiro atoms. The third-order valence-electron chi connectivity index (χ3n) is 3.79. The molecule has 0 unspecified atom stereocenters. The number of halogens is 2. The quantitative estimate of drug-likeness (QED) is 0.688. The molecule has 1 saturated heterocycles. The van der Waals surface area contributed by atoms with E-state index in [-0.39, 0.29) is 18.1 Å². The van der Waals surface area contributed by atoms with E-state index in [9.17, 15) is 14.4 Å². The summed E-state index contributed by atoms with van der Waals surface area (Å²) in [5, 5.41) is 0.480. The summed E-state index contributed by atoms with van der Waals surface area (Å²) in [6, 6.07) is 11.7. The van der Waals surface area contributed by atoms with Gasteiger partial charge in [0.1, 0.15) is 5.75 Å². The number of primary amides is 1. The molecule has 1 aliphatic heterocycles. The maximum absolute atomic E-state index is 12.7. The van der Waals surface area contributed by atoms with E-state index >= 15 is 0 Å². The van der Waals surface area contributed by atoms with Gasteiger partial charge in [0.05, 0.1) is 11.4 Å². The predicted molar refractivity (Wildman–Crippen MR) is 109 cm³/mol. The summed E-state index contributed by atoms with van der Waals surface area (Å²) < 4.78 is 5.35. The number of nitrogens with zero attached hydrogens (tertiary/aromatic N) is 1. The fourth-order valence-corrected chi connectivity index (χ4v) is 3.69. The maximum Gasteiger partial charge on any atom is 0.293 e. The van der Waals surface area contributed by atoms with Gasteiger partial charge in [-0.3, -0.25) is 19.3 Å². The summed E-state index contributed by atoms with van der Waals surface area (Å²) in [6.45, 7) is -0.251. The number of hydrogen-bond acceptors (Lipinski definition) is 5.